The smallest absolute Gasteiger partial charge is 0.136 e. The maximum Gasteiger partial charge on any atom is 0.136 e. The van der Waals surface area contributed by atoms with E-state index in [1.54, 1.807) is 0 Å². The summed E-state index contributed by atoms with van der Waals surface area (Å²) in [4.78, 5) is 0. The second kappa shape index (κ2) is 14.1. The number of nitrogens with two attached hydrogens (primary N) is 1. The molecule has 0 saturated heterocycles. The summed E-state index contributed by atoms with van der Waals surface area (Å²) in [7, 11) is 0. The predicted octanol–water partition coefficient (Wildman–Crippen LogP) is 13.7. The van der Waals surface area contributed by atoms with Crippen molar-refractivity contribution in [2.45, 2.75) is 18.9 Å². The third-order valence-corrected chi connectivity index (χ3v) is 13.6. The van der Waals surface area contributed by atoms with Gasteiger partial charge in [-0.25, -0.2) is 0 Å². The zero-order valence-corrected chi connectivity index (χ0v) is 32.5. The Bertz CT molecular complexity index is 3250. The summed E-state index contributed by atoms with van der Waals surface area (Å²) < 4.78 is 11.7. The van der Waals surface area contributed by atoms with E-state index in [-0.39, 0.29) is 6.17 Å². The van der Waals surface area contributed by atoms with E-state index in [4.69, 9.17) is 10.2 Å². The molecule has 3 heterocycles. The van der Waals surface area contributed by atoms with E-state index < -0.39 is 6.17 Å². The first-order valence-electron chi connectivity index (χ1n) is 19.3. The minimum absolute atomic E-state index is 0.157. The lowest BCUT2D eigenvalue weighted by atomic mass is 9.94. The van der Waals surface area contributed by atoms with Crippen LogP contribution in [0, 0.1) is 0 Å². The van der Waals surface area contributed by atoms with Gasteiger partial charge in [-0.2, -0.15) is 0 Å². The number of hydrogen-bond donors (Lipinski definition) is 3. The number of benzene rings is 8. The molecule has 274 valence electrons. The van der Waals surface area contributed by atoms with Gasteiger partial charge in [-0.05, 0) is 75.3 Å². The standard InChI is InChI=1S/C51H37N3OS2/c52-50(54-51(32-14-5-2-6-15-32)53-30-31-12-3-1-4-13-31)34-25-27-42-41(28-34)47-38(18-10-21-43(47)55-42)39-19-11-23-45-48(39)40-20-9-17-35(49(40)57-45)33-24-26-37-36-16-7-8-22-44(36)56-46(37)29-33/h1-29,50-51,53-54H,30,52H2. The molecule has 2 unspecified atom stereocenters. The van der Waals surface area contributed by atoms with Crippen molar-refractivity contribution in [3.8, 4) is 22.3 Å². The Labute approximate surface area is 337 Å². The largest absolute Gasteiger partial charge is 0.456 e. The van der Waals surface area contributed by atoms with Crippen molar-refractivity contribution < 1.29 is 4.42 Å². The predicted molar refractivity (Wildman–Crippen MR) is 243 cm³/mol. The normalized spacial score (nSPS) is 13.1. The number of rotatable bonds is 9. The molecule has 4 nitrogen and oxygen atoms in total. The van der Waals surface area contributed by atoms with Crippen LogP contribution in [0.5, 0.6) is 0 Å². The fourth-order valence-electron chi connectivity index (χ4n) is 8.47. The molecule has 0 aliphatic carbocycles. The van der Waals surface area contributed by atoms with Crippen LogP contribution in [0.25, 0.3) is 84.5 Å². The van der Waals surface area contributed by atoms with Crippen LogP contribution in [0.1, 0.15) is 29.0 Å². The minimum atomic E-state index is -0.436. The minimum Gasteiger partial charge on any atom is -0.456 e. The molecule has 0 aliphatic rings. The second-order valence-electron chi connectivity index (χ2n) is 14.7. The van der Waals surface area contributed by atoms with E-state index in [2.05, 4.69) is 174 Å². The number of nitrogens with one attached hydrogen (secondary N) is 2. The van der Waals surface area contributed by atoms with Gasteiger partial charge in [-0.15, -0.1) is 22.7 Å². The van der Waals surface area contributed by atoms with E-state index >= 15 is 0 Å². The zero-order valence-electron chi connectivity index (χ0n) is 30.9. The number of thiophene rings is 2. The SMILES string of the molecule is NC(NC(NCc1ccccc1)c1ccccc1)c1ccc2oc3cccc(-c4cccc5sc6c(-c7ccc8c(c7)sc7ccccc78)cccc6c45)c3c2c1. The Kier molecular flexibility index (Phi) is 8.46. The summed E-state index contributed by atoms with van der Waals surface area (Å²) in [5.41, 5.74) is 16.9. The number of fused-ring (bicyclic) bond motifs is 9. The summed E-state index contributed by atoms with van der Waals surface area (Å²) in [6.45, 7) is 0.709. The number of hydrogen-bond acceptors (Lipinski definition) is 6. The van der Waals surface area contributed by atoms with Crippen LogP contribution < -0.4 is 16.4 Å². The first-order chi connectivity index (χ1) is 28.2. The molecule has 6 heteroatoms. The molecule has 0 radical (unpaired) electrons. The summed E-state index contributed by atoms with van der Waals surface area (Å²) in [5, 5.41) is 14.7. The van der Waals surface area contributed by atoms with Gasteiger partial charge in [0.15, 0.2) is 0 Å². The number of furan rings is 1. The first-order valence-corrected chi connectivity index (χ1v) is 20.9. The van der Waals surface area contributed by atoms with Crippen molar-refractivity contribution in [2.75, 3.05) is 0 Å². The topological polar surface area (TPSA) is 63.2 Å². The fourth-order valence-corrected chi connectivity index (χ4v) is 10.9. The van der Waals surface area contributed by atoms with Crippen molar-refractivity contribution in [1.82, 2.24) is 10.6 Å². The lowest BCUT2D eigenvalue weighted by molar-refractivity contribution is 0.386. The molecule has 57 heavy (non-hydrogen) atoms. The van der Waals surface area contributed by atoms with Crippen LogP contribution in [0.4, 0.5) is 0 Å². The third kappa shape index (κ3) is 6.01. The van der Waals surface area contributed by atoms with Crippen LogP contribution in [-0.4, -0.2) is 0 Å². The van der Waals surface area contributed by atoms with Gasteiger partial charge in [0, 0.05) is 57.7 Å². The van der Waals surface area contributed by atoms with E-state index in [0.29, 0.717) is 6.54 Å². The quantitative estimate of drug-likeness (QED) is 0.128. The van der Waals surface area contributed by atoms with Gasteiger partial charge in [0.1, 0.15) is 11.2 Å². The maximum absolute atomic E-state index is 7.01. The van der Waals surface area contributed by atoms with Gasteiger partial charge in [0.05, 0.1) is 12.3 Å². The molecule has 0 fully saturated rings. The average Bonchev–Trinajstić information content (AvgIpc) is 3.96. The molecule has 11 rings (SSSR count). The molecule has 0 spiro atoms. The summed E-state index contributed by atoms with van der Waals surface area (Å²) in [6, 6.07) is 62.8. The highest BCUT2D eigenvalue weighted by Gasteiger charge is 2.21. The lowest BCUT2D eigenvalue weighted by Crippen LogP contribution is -2.39. The van der Waals surface area contributed by atoms with Crippen molar-refractivity contribution in [3.63, 3.8) is 0 Å². The van der Waals surface area contributed by atoms with Crippen LogP contribution in [0.2, 0.25) is 0 Å². The molecule has 8 aromatic carbocycles. The summed E-state index contributed by atoms with van der Waals surface area (Å²) in [5.74, 6) is 0. The van der Waals surface area contributed by atoms with E-state index in [1.807, 2.05) is 34.8 Å². The monoisotopic (exact) mass is 771 g/mol. The van der Waals surface area contributed by atoms with Crippen LogP contribution >= 0.6 is 22.7 Å². The van der Waals surface area contributed by atoms with E-state index in [1.165, 1.54) is 62.6 Å². The van der Waals surface area contributed by atoms with Gasteiger partial charge >= 0.3 is 0 Å². The van der Waals surface area contributed by atoms with Gasteiger partial charge in [0.2, 0.25) is 0 Å². The van der Waals surface area contributed by atoms with Crippen LogP contribution in [0.3, 0.4) is 0 Å². The van der Waals surface area contributed by atoms with E-state index in [9.17, 15) is 0 Å². The molecule has 0 amide bonds. The Morgan fingerprint density at radius 3 is 2.07 bits per heavy atom. The molecule has 0 aliphatic heterocycles. The second-order valence-corrected chi connectivity index (χ2v) is 16.8. The highest BCUT2D eigenvalue weighted by molar-refractivity contribution is 7.26. The van der Waals surface area contributed by atoms with Gasteiger partial charge in [-0.1, -0.05) is 140 Å². The molecule has 3 aromatic heterocycles. The van der Waals surface area contributed by atoms with Crippen molar-refractivity contribution >= 4 is 85.0 Å². The van der Waals surface area contributed by atoms with Gasteiger partial charge in [0.25, 0.3) is 0 Å². The fraction of sp³-hybridized carbons (Fsp3) is 0.0588. The van der Waals surface area contributed by atoms with Crippen LogP contribution in [0.15, 0.2) is 180 Å². The first kappa shape index (κ1) is 34.2. The molecule has 0 bridgehead atoms. The van der Waals surface area contributed by atoms with Gasteiger partial charge < -0.3 is 10.2 Å². The Hall–Kier alpha value is -6.12. The maximum atomic E-state index is 7.01. The van der Waals surface area contributed by atoms with Crippen molar-refractivity contribution in [2.24, 2.45) is 5.73 Å². The highest BCUT2D eigenvalue weighted by Crippen LogP contribution is 2.47. The summed E-state index contributed by atoms with van der Waals surface area (Å²) >= 11 is 3.74. The lowest BCUT2D eigenvalue weighted by Gasteiger charge is -2.25. The molecule has 0 saturated carbocycles. The Balaban J connectivity index is 0.993. The van der Waals surface area contributed by atoms with Crippen molar-refractivity contribution in [1.29, 1.82) is 0 Å². The van der Waals surface area contributed by atoms with Crippen molar-refractivity contribution in [3.05, 3.63) is 193 Å². The highest BCUT2D eigenvalue weighted by atomic mass is 32.1. The molecule has 4 N–H and O–H groups in total. The average molecular weight is 772 g/mol. The molecular formula is C51H37N3OS2. The van der Waals surface area contributed by atoms with E-state index in [0.717, 1.165) is 38.6 Å². The zero-order chi connectivity index (χ0) is 37.9. The van der Waals surface area contributed by atoms with Crippen LogP contribution in [-0.2, 0) is 6.54 Å². The molecular weight excluding hydrogens is 735 g/mol. The molecule has 11 aromatic rings. The van der Waals surface area contributed by atoms with Gasteiger partial charge in [-0.3, -0.25) is 10.6 Å². The summed E-state index contributed by atoms with van der Waals surface area (Å²) in [6.07, 6.45) is -0.593. The Morgan fingerprint density at radius 2 is 1.19 bits per heavy atom. The third-order valence-electron chi connectivity index (χ3n) is 11.2. The molecule has 2 atom stereocenters. The Morgan fingerprint density at radius 1 is 0.491 bits per heavy atom.